The maximum atomic E-state index is 10.3. The van der Waals surface area contributed by atoms with E-state index in [9.17, 15) is 4.79 Å². The molecule has 1 rings (SSSR count). The molecule has 0 aliphatic rings. The minimum atomic E-state index is -1.01. The van der Waals surface area contributed by atoms with Gasteiger partial charge in [0.15, 0.2) is 0 Å². The van der Waals surface area contributed by atoms with Crippen LogP contribution in [0.5, 0.6) is 5.75 Å². The number of carbonyl (C=O) groups is 1. The zero-order chi connectivity index (χ0) is 12.0. The van der Waals surface area contributed by atoms with Crippen LogP contribution in [0.1, 0.15) is 12.0 Å². The van der Waals surface area contributed by atoms with Crippen LogP contribution in [0.4, 0.5) is 0 Å². The van der Waals surface area contributed by atoms with Crippen LogP contribution >= 0.6 is 0 Å². The lowest BCUT2D eigenvalue weighted by molar-refractivity contribution is -0.131. The molecule has 86 valence electrons. The van der Waals surface area contributed by atoms with Crippen LogP contribution in [0.15, 0.2) is 36.0 Å². The molecule has 0 saturated carbocycles. The van der Waals surface area contributed by atoms with E-state index in [0.717, 1.165) is 23.8 Å². The number of rotatable bonds is 5. The molecule has 0 saturated heterocycles. The molecule has 4 heteroatoms. The number of ether oxygens (including phenoxy) is 1. The third-order valence-electron chi connectivity index (χ3n) is 2.17. The van der Waals surface area contributed by atoms with Gasteiger partial charge in [-0.3, -0.25) is 0 Å². The lowest BCUT2D eigenvalue weighted by Gasteiger charge is -2.03. The van der Waals surface area contributed by atoms with Crippen LogP contribution in [0, 0.1) is 0 Å². The molecule has 0 aliphatic heterocycles. The molecule has 0 aliphatic carbocycles. The lowest BCUT2D eigenvalue weighted by atomic mass is 10.1. The highest BCUT2D eigenvalue weighted by atomic mass is 16.5. The van der Waals surface area contributed by atoms with Gasteiger partial charge < -0.3 is 15.6 Å². The largest absolute Gasteiger partial charge is 0.497 e. The first-order valence-electron chi connectivity index (χ1n) is 4.93. The van der Waals surface area contributed by atoms with Gasteiger partial charge in [0.2, 0.25) is 0 Å². The number of methoxy groups -OCH3 is 1. The van der Waals surface area contributed by atoms with Crippen molar-refractivity contribution in [3.63, 3.8) is 0 Å². The summed E-state index contributed by atoms with van der Waals surface area (Å²) in [5.74, 6) is -0.204. The maximum Gasteiger partial charge on any atom is 0.330 e. The first kappa shape index (κ1) is 12.1. The first-order valence-corrected chi connectivity index (χ1v) is 4.93. The second-order valence-corrected chi connectivity index (χ2v) is 3.41. The zero-order valence-corrected chi connectivity index (χ0v) is 9.14. The minimum Gasteiger partial charge on any atom is -0.497 e. The van der Waals surface area contributed by atoms with E-state index in [-0.39, 0.29) is 0 Å². The Morgan fingerprint density at radius 1 is 1.44 bits per heavy atom. The Labute approximate surface area is 94.3 Å². The van der Waals surface area contributed by atoms with Crippen LogP contribution in [0.3, 0.4) is 0 Å². The van der Waals surface area contributed by atoms with Gasteiger partial charge in [0.25, 0.3) is 0 Å². The van der Waals surface area contributed by atoms with Gasteiger partial charge >= 0.3 is 5.97 Å². The molecule has 0 radical (unpaired) electrons. The van der Waals surface area contributed by atoms with E-state index in [2.05, 4.69) is 0 Å². The quantitative estimate of drug-likeness (QED) is 0.740. The van der Waals surface area contributed by atoms with Gasteiger partial charge in [-0.1, -0.05) is 12.1 Å². The number of carboxylic acids is 1. The van der Waals surface area contributed by atoms with Crippen LogP contribution in [-0.4, -0.2) is 18.2 Å². The summed E-state index contributed by atoms with van der Waals surface area (Å²) in [6.07, 6.45) is 2.29. The van der Waals surface area contributed by atoms with E-state index in [1.165, 1.54) is 0 Å². The highest BCUT2D eigenvalue weighted by Gasteiger charge is 1.98. The Hall–Kier alpha value is -1.97. The highest BCUT2D eigenvalue weighted by molar-refractivity contribution is 5.80. The summed E-state index contributed by atoms with van der Waals surface area (Å²) in [6, 6.07) is 7.61. The number of hydrogen-bond acceptors (Lipinski definition) is 3. The van der Waals surface area contributed by atoms with E-state index in [4.69, 9.17) is 15.6 Å². The van der Waals surface area contributed by atoms with Crippen molar-refractivity contribution in [3.8, 4) is 5.75 Å². The second-order valence-electron chi connectivity index (χ2n) is 3.41. The van der Waals surface area contributed by atoms with Crippen LogP contribution < -0.4 is 10.5 Å². The van der Waals surface area contributed by atoms with Crippen LogP contribution in [0.25, 0.3) is 0 Å². The molecule has 1 aromatic rings. The van der Waals surface area contributed by atoms with E-state index < -0.39 is 5.97 Å². The molecule has 0 aromatic heterocycles. The molecule has 1 aromatic carbocycles. The van der Waals surface area contributed by atoms with E-state index in [1.807, 2.05) is 24.3 Å². The zero-order valence-electron chi connectivity index (χ0n) is 9.14. The number of hydrogen-bond donors (Lipinski definition) is 2. The van der Waals surface area contributed by atoms with E-state index in [1.54, 1.807) is 7.11 Å². The molecule has 0 atom stereocenters. The van der Waals surface area contributed by atoms with Gasteiger partial charge in [-0.05, 0) is 30.5 Å². The normalized spacial score (nSPS) is 11.2. The monoisotopic (exact) mass is 221 g/mol. The summed E-state index contributed by atoms with van der Waals surface area (Å²) in [6.45, 7) is 0. The van der Waals surface area contributed by atoms with Gasteiger partial charge in [-0.2, -0.15) is 0 Å². The maximum absolute atomic E-state index is 10.3. The summed E-state index contributed by atoms with van der Waals surface area (Å²) < 4.78 is 5.03. The van der Waals surface area contributed by atoms with Crippen molar-refractivity contribution in [1.29, 1.82) is 0 Å². The summed E-state index contributed by atoms with van der Waals surface area (Å²) in [4.78, 5) is 10.3. The number of carboxylic acid groups (broad SMARTS) is 1. The number of nitrogens with two attached hydrogens (primary N) is 1. The molecule has 0 heterocycles. The van der Waals surface area contributed by atoms with Gasteiger partial charge in [0.1, 0.15) is 5.75 Å². The molecule has 0 bridgehead atoms. The average Bonchev–Trinajstić information content (AvgIpc) is 2.26. The summed E-state index contributed by atoms with van der Waals surface area (Å²) in [7, 11) is 1.61. The van der Waals surface area contributed by atoms with Gasteiger partial charge in [-0.25, -0.2) is 4.79 Å². The second kappa shape index (κ2) is 5.80. The van der Waals surface area contributed by atoms with Crippen molar-refractivity contribution >= 4 is 5.97 Å². The molecule has 0 unspecified atom stereocenters. The predicted molar refractivity (Wildman–Crippen MR) is 61.2 cm³/mol. The molecular formula is C12H15NO3. The van der Waals surface area contributed by atoms with Crippen molar-refractivity contribution in [3.05, 3.63) is 41.6 Å². The SMILES string of the molecule is COc1ccc(CCC(N)=CC(=O)O)cc1. The Balaban J connectivity index is 2.51. The Bertz CT molecular complexity index is 382. The molecular weight excluding hydrogens is 206 g/mol. The van der Waals surface area contributed by atoms with Crippen molar-refractivity contribution in [2.75, 3.05) is 7.11 Å². The van der Waals surface area contributed by atoms with Gasteiger partial charge in [0.05, 0.1) is 7.11 Å². The standard InChI is InChI=1S/C12H15NO3/c1-16-11-6-3-9(4-7-11)2-5-10(13)8-12(14)15/h3-4,6-8H,2,5,13H2,1H3,(H,14,15). The van der Waals surface area contributed by atoms with Crippen LogP contribution in [0.2, 0.25) is 0 Å². The molecule has 16 heavy (non-hydrogen) atoms. The minimum absolute atomic E-state index is 0.378. The van der Waals surface area contributed by atoms with E-state index >= 15 is 0 Å². The highest BCUT2D eigenvalue weighted by Crippen LogP contribution is 2.13. The fraction of sp³-hybridized carbons (Fsp3) is 0.250. The third kappa shape index (κ3) is 4.04. The molecule has 0 amide bonds. The van der Waals surface area contributed by atoms with Crippen LogP contribution in [-0.2, 0) is 11.2 Å². The third-order valence-corrected chi connectivity index (χ3v) is 2.17. The van der Waals surface area contributed by atoms with Gasteiger partial charge in [0, 0.05) is 11.8 Å². The van der Waals surface area contributed by atoms with E-state index in [0.29, 0.717) is 12.1 Å². The Kier molecular flexibility index (Phi) is 4.39. The fourth-order valence-corrected chi connectivity index (χ4v) is 1.31. The van der Waals surface area contributed by atoms with Gasteiger partial charge in [-0.15, -0.1) is 0 Å². The van der Waals surface area contributed by atoms with Crippen molar-refractivity contribution in [1.82, 2.24) is 0 Å². The molecule has 0 fully saturated rings. The predicted octanol–water partition coefficient (Wildman–Crippen LogP) is 1.56. The van der Waals surface area contributed by atoms with Crippen molar-refractivity contribution in [2.24, 2.45) is 5.73 Å². The molecule has 3 N–H and O–H groups in total. The summed E-state index contributed by atoms with van der Waals surface area (Å²) in [5, 5.41) is 8.48. The summed E-state index contributed by atoms with van der Waals surface area (Å²) >= 11 is 0. The Morgan fingerprint density at radius 3 is 2.56 bits per heavy atom. The average molecular weight is 221 g/mol. The van der Waals surface area contributed by atoms with Crippen molar-refractivity contribution < 1.29 is 14.6 Å². The number of benzene rings is 1. The molecule has 0 spiro atoms. The summed E-state index contributed by atoms with van der Waals surface area (Å²) in [5.41, 5.74) is 7.01. The number of aryl methyl sites for hydroxylation is 1. The topological polar surface area (TPSA) is 72.5 Å². The molecule has 4 nitrogen and oxygen atoms in total. The Morgan fingerprint density at radius 2 is 2.06 bits per heavy atom. The smallest absolute Gasteiger partial charge is 0.330 e. The fourth-order valence-electron chi connectivity index (χ4n) is 1.31. The number of allylic oxidation sites excluding steroid dienone is 1. The number of aliphatic carboxylic acids is 1. The lowest BCUT2D eigenvalue weighted by Crippen LogP contribution is -2.03. The van der Waals surface area contributed by atoms with Crippen molar-refractivity contribution in [2.45, 2.75) is 12.8 Å². The first-order chi connectivity index (χ1) is 7.61.